The number of piperidine rings is 1. The number of methoxy groups -OCH3 is 1. The van der Waals surface area contributed by atoms with Crippen LogP contribution < -0.4 is 4.74 Å². The summed E-state index contributed by atoms with van der Waals surface area (Å²) < 4.78 is 12.4. The molecule has 0 unspecified atom stereocenters. The van der Waals surface area contributed by atoms with Gasteiger partial charge in [-0.15, -0.1) is 5.10 Å². The molecule has 3 atom stereocenters. The Hall–Kier alpha value is -2.84. The number of thiazole rings is 1. The van der Waals surface area contributed by atoms with Crippen molar-refractivity contribution < 1.29 is 14.3 Å². The van der Waals surface area contributed by atoms with E-state index in [0.29, 0.717) is 28.4 Å². The first-order valence-electron chi connectivity index (χ1n) is 10.5. The molecule has 0 radical (unpaired) electrons. The second kappa shape index (κ2) is 8.01. The van der Waals surface area contributed by atoms with Crippen LogP contribution in [0.4, 0.5) is 0 Å². The lowest BCUT2D eigenvalue weighted by Gasteiger charge is -2.40. The first-order chi connectivity index (χ1) is 15.0. The first-order valence-corrected chi connectivity index (χ1v) is 11.4. The number of nitrogens with zero attached hydrogens (tertiary/aromatic N) is 4. The Morgan fingerprint density at radius 2 is 2.00 bits per heavy atom. The van der Waals surface area contributed by atoms with Gasteiger partial charge in [0.1, 0.15) is 5.75 Å². The van der Waals surface area contributed by atoms with Crippen molar-refractivity contribution >= 4 is 16.3 Å². The SMILES string of the molecule is COc1cccc([C@H](c2sc3nc(-c4ccco4)nn3c2O)N2C[C@H](C)C[C@H](C)C2)c1. The largest absolute Gasteiger partial charge is 0.497 e. The van der Waals surface area contributed by atoms with Gasteiger partial charge in [0, 0.05) is 13.1 Å². The molecule has 7 nitrogen and oxygen atoms in total. The quantitative estimate of drug-likeness (QED) is 0.481. The van der Waals surface area contributed by atoms with Crippen molar-refractivity contribution in [3.8, 4) is 23.2 Å². The van der Waals surface area contributed by atoms with Gasteiger partial charge in [0.15, 0.2) is 5.76 Å². The molecule has 1 saturated heterocycles. The van der Waals surface area contributed by atoms with Gasteiger partial charge in [0.2, 0.25) is 16.7 Å². The molecule has 1 aliphatic heterocycles. The molecule has 31 heavy (non-hydrogen) atoms. The maximum atomic E-state index is 11.2. The number of aromatic nitrogens is 3. The molecule has 0 aliphatic carbocycles. The summed E-state index contributed by atoms with van der Waals surface area (Å²) in [6.07, 6.45) is 2.81. The summed E-state index contributed by atoms with van der Waals surface area (Å²) in [5, 5.41) is 15.7. The van der Waals surface area contributed by atoms with Crippen LogP contribution in [0.2, 0.25) is 0 Å². The number of rotatable bonds is 5. The highest BCUT2D eigenvalue weighted by Gasteiger charge is 2.34. The predicted molar refractivity (Wildman–Crippen MR) is 120 cm³/mol. The van der Waals surface area contributed by atoms with E-state index in [9.17, 15) is 5.11 Å². The van der Waals surface area contributed by atoms with Gasteiger partial charge >= 0.3 is 0 Å². The van der Waals surface area contributed by atoms with Crippen LogP contribution >= 0.6 is 11.3 Å². The van der Waals surface area contributed by atoms with E-state index in [-0.39, 0.29) is 11.9 Å². The van der Waals surface area contributed by atoms with Crippen molar-refractivity contribution in [1.82, 2.24) is 19.5 Å². The molecule has 5 rings (SSSR count). The van der Waals surface area contributed by atoms with E-state index in [4.69, 9.17) is 9.15 Å². The molecule has 4 heterocycles. The smallest absolute Gasteiger partial charge is 0.230 e. The molecule has 0 spiro atoms. The summed E-state index contributed by atoms with van der Waals surface area (Å²) in [6, 6.07) is 11.6. The molecule has 4 aromatic rings. The topological polar surface area (TPSA) is 76.0 Å². The van der Waals surface area contributed by atoms with E-state index < -0.39 is 0 Å². The number of hydrogen-bond acceptors (Lipinski definition) is 7. The van der Waals surface area contributed by atoms with Gasteiger partial charge in [0.05, 0.1) is 24.3 Å². The van der Waals surface area contributed by atoms with Crippen molar-refractivity contribution in [2.75, 3.05) is 20.2 Å². The Morgan fingerprint density at radius 3 is 2.68 bits per heavy atom. The lowest BCUT2D eigenvalue weighted by Crippen LogP contribution is -2.41. The zero-order valence-electron chi connectivity index (χ0n) is 17.9. The molecule has 0 amide bonds. The summed E-state index contributed by atoms with van der Waals surface area (Å²) in [7, 11) is 1.68. The molecule has 0 bridgehead atoms. The van der Waals surface area contributed by atoms with Gasteiger partial charge in [-0.2, -0.15) is 9.50 Å². The molecule has 1 fully saturated rings. The van der Waals surface area contributed by atoms with E-state index in [0.717, 1.165) is 29.3 Å². The summed E-state index contributed by atoms with van der Waals surface area (Å²) >= 11 is 1.47. The Morgan fingerprint density at radius 1 is 1.19 bits per heavy atom. The Kier molecular flexibility index (Phi) is 5.19. The standard InChI is InChI=1S/C23H26N4O3S/c1-14-10-15(2)13-26(12-14)19(16-6-4-7-17(11-16)29-3)20-22(28)27-23(31-20)24-21(25-27)18-8-5-9-30-18/h4-9,11,14-15,19,28H,10,12-13H2,1-3H3/t14-,15+,19-/m1/s1. The average Bonchev–Trinajstić information content (AvgIpc) is 3.47. The number of furan rings is 1. The van der Waals surface area contributed by atoms with Crippen LogP contribution in [0.15, 0.2) is 47.1 Å². The second-order valence-corrected chi connectivity index (χ2v) is 9.49. The third-order valence-electron chi connectivity index (χ3n) is 5.86. The monoisotopic (exact) mass is 438 g/mol. The minimum absolute atomic E-state index is 0.0964. The van der Waals surface area contributed by atoms with Crippen LogP contribution in [0.3, 0.4) is 0 Å². The normalized spacial score (nSPS) is 20.9. The highest BCUT2D eigenvalue weighted by molar-refractivity contribution is 7.17. The fourth-order valence-electron chi connectivity index (χ4n) is 4.70. The highest BCUT2D eigenvalue weighted by atomic mass is 32.1. The fourth-order valence-corrected chi connectivity index (χ4v) is 5.82. The zero-order chi connectivity index (χ0) is 21.5. The third kappa shape index (κ3) is 3.70. The van der Waals surface area contributed by atoms with Crippen LogP contribution in [0.25, 0.3) is 16.5 Å². The van der Waals surface area contributed by atoms with E-state index in [1.165, 1.54) is 22.3 Å². The second-order valence-electron chi connectivity index (χ2n) is 8.48. The molecular weight excluding hydrogens is 412 g/mol. The minimum atomic E-state index is -0.0964. The Bertz CT molecular complexity index is 1170. The van der Waals surface area contributed by atoms with Crippen molar-refractivity contribution in [1.29, 1.82) is 0 Å². The van der Waals surface area contributed by atoms with Crippen LogP contribution in [-0.2, 0) is 0 Å². The summed E-state index contributed by atoms with van der Waals surface area (Å²) in [5.74, 6) is 3.17. The number of ether oxygens (including phenoxy) is 1. The number of benzene rings is 1. The van der Waals surface area contributed by atoms with Crippen molar-refractivity contribution in [3.63, 3.8) is 0 Å². The molecule has 8 heteroatoms. The van der Waals surface area contributed by atoms with E-state index in [1.807, 2.05) is 18.2 Å². The van der Waals surface area contributed by atoms with E-state index in [1.54, 1.807) is 19.4 Å². The lowest BCUT2D eigenvalue weighted by atomic mass is 9.89. The van der Waals surface area contributed by atoms with Crippen LogP contribution in [0.1, 0.15) is 36.8 Å². The zero-order valence-corrected chi connectivity index (χ0v) is 18.7. The maximum absolute atomic E-state index is 11.2. The van der Waals surface area contributed by atoms with Gasteiger partial charge in [-0.05, 0) is 48.1 Å². The molecule has 3 aromatic heterocycles. The van der Waals surface area contributed by atoms with Crippen LogP contribution in [0, 0.1) is 11.8 Å². The van der Waals surface area contributed by atoms with Gasteiger partial charge in [0.25, 0.3) is 0 Å². The minimum Gasteiger partial charge on any atom is -0.497 e. The molecule has 162 valence electrons. The van der Waals surface area contributed by atoms with Gasteiger partial charge in [-0.1, -0.05) is 37.3 Å². The Balaban J connectivity index is 1.61. The predicted octanol–water partition coefficient (Wildman–Crippen LogP) is 4.83. The van der Waals surface area contributed by atoms with Gasteiger partial charge < -0.3 is 14.3 Å². The first kappa shape index (κ1) is 20.1. The highest BCUT2D eigenvalue weighted by Crippen LogP contribution is 2.43. The van der Waals surface area contributed by atoms with E-state index in [2.05, 4.69) is 41.0 Å². The summed E-state index contributed by atoms with van der Waals surface area (Å²) in [5.41, 5.74) is 1.09. The summed E-state index contributed by atoms with van der Waals surface area (Å²) in [6.45, 7) is 6.53. The van der Waals surface area contributed by atoms with Crippen molar-refractivity contribution in [2.24, 2.45) is 11.8 Å². The summed E-state index contributed by atoms with van der Waals surface area (Å²) in [4.78, 5) is 8.55. The van der Waals surface area contributed by atoms with Crippen molar-refractivity contribution in [2.45, 2.75) is 26.3 Å². The third-order valence-corrected chi connectivity index (χ3v) is 6.93. The molecular formula is C23H26N4O3S. The molecule has 0 saturated carbocycles. The number of fused-ring (bicyclic) bond motifs is 1. The molecule has 1 aliphatic rings. The van der Waals surface area contributed by atoms with E-state index >= 15 is 0 Å². The van der Waals surface area contributed by atoms with Gasteiger partial charge in [-0.25, -0.2) is 0 Å². The number of hydrogen-bond donors (Lipinski definition) is 1. The fraction of sp³-hybridized carbons (Fsp3) is 0.391. The molecule has 1 N–H and O–H groups in total. The average molecular weight is 439 g/mol. The maximum Gasteiger partial charge on any atom is 0.230 e. The molecule has 1 aromatic carbocycles. The Labute approximate surface area is 184 Å². The van der Waals surface area contributed by atoms with Crippen LogP contribution in [0.5, 0.6) is 11.6 Å². The number of aromatic hydroxyl groups is 1. The van der Waals surface area contributed by atoms with Crippen LogP contribution in [-0.4, -0.2) is 44.8 Å². The van der Waals surface area contributed by atoms with Gasteiger partial charge in [-0.3, -0.25) is 4.90 Å². The van der Waals surface area contributed by atoms with Crippen molar-refractivity contribution in [3.05, 3.63) is 53.1 Å². The lowest BCUT2D eigenvalue weighted by molar-refractivity contribution is 0.111. The number of likely N-dealkylation sites (tertiary alicyclic amines) is 1.